The smallest absolute Gasteiger partial charge is 0.335 e. The van der Waals surface area contributed by atoms with Crippen LogP contribution in [0.1, 0.15) is 24.0 Å². The summed E-state index contributed by atoms with van der Waals surface area (Å²) >= 11 is 0. The summed E-state index contributed by atoms with van der Waals surface area (Å²) in [6, 6.07) is 11.8. The van der Waals surface area contributed by atoms with Crippen LogP contribution in [0.5, 0.6) is 0 Å². The molecule has 4 aliphatic heterocycles. The normalized spacial score (nSPS) is 23.5. The average Bonchev–Trinajstić information content (AvgIpc) is 3.43. The molecule has 0 aliphatic carbocycles. The maximum absolute atomic E-state index is 13.6. The molecule has 2 aromatic rings. The highest BCUT2D eigenvalue weighted by Crippen LogP contribution is 2.49. The van der Waals surface area contributed by atoms with E-state index in [0.29, 0.717) is 29.8 Å². The van der Waals surface area contributed by atoms with E-state index in [9.17, 15) is 28.8 Å². The summed E-state index contributed by atoms with van der Waals surface area (Å²) in [5, 5.41) is 2.21. The highest BCUT2D eigenvalue weighted by Gasteiger charge is 2.63. The number of carbonyl (C=O) groups is 6. The molecule has 1 spiro atoms. The van der Waals surface area contributed by atoms with Gasteiger partial charge in [-0.3, -0.25) is 34.3 Å². The lowest BCUT2D eigenvalue weighted by molar-refractivity contribution is -0.159. The maximum Gasteiger partial charge on any atom is 0.335 e. The van der Waals surface area contributed by atoms with Crippen LogP contribution < -0.4 is 15.1 Å². The minimum atomic E-state index is -1.46. The number of amides is 8. The minimum absolute atomic E-state index is 0.0783. The largest absolute Gasteiger partial charge is 0.367 e. The number of hydrogen-bond acceptors (Lipinski definition) is 7. The van der Waals surface area contributed by atoms with Crippen LogP contribution in [-0.2, 0) is 25.6 Å². The van der Waals surface area contributed by atoms with Crippen molar-refractivity contribution < 1.29 is 28.8 Å². The quantitative estimate of drug-likeness (QED) is 0.359. The summed E-state index contributed by atoms with van der Waals surface area (Å²) < 4.78 is 0. The number of nitrogens with one attached hydrogen (secondary N) is 1. The lowest BCUT2D eigenvalue weighted by Crippen LogP contribution is -2.70. The van der Waals surface area contributed by atoms with Crippen LogP contribution in [0.2, 0.25) is 0 Å². The third-order valence-electron chi connectivity index (χ3n) is 8.08. The van der Waals surface area contributed by atoms with Gasteiger partial charge in [0.25, 0.3) is 11.8 Å². The molecule has 0 radical (unpaired) electrons. The van der Waals surface area contributed by atoms with Crippen LogP contribution in [-0.4, -0.2) is 72.2 Å². The van der Waals surface area contributed by atoms with E-state index in [1.54, 1.807) is 42.5 Å². The van der Waals surface area contributed by atoms with E-state index in [1.807, 2.05) is 6.07 Å². The number of fused-ring (bicyclic) bond motifs is 4. The third-order valence-corrected chi connectivity index (χ3v) is 8.08. The van der Waals surface area contributed by atoms with Gasteiger partial charge in [0.1, 0.15) is 5.57 Å². The van der Waals surface area contributed by atoms with E-state index in [4.69, 9.17) is 0 Å². The second kappa shape index (κ2) is 8.62. The molecule has 11 heteroatoms. The Morgan fingerprint density at radius 1 is 0.923 bits per heavy atom. The number of rotatable bonds is 2. The van der Waals surface area contributed by atoms with Gasteiger partial charge in [-0.1, -0.05) is 24.3 Å². The Labute approximate surface area is 223 Å². The van der Waals surface area contributed by atoms with Gasteiger partial charge >= 0.3 is 12.1 Å². The molecule has 198 valence electrons. The van der Waals surface area contributed by atoms with Crippen LogP contribution in [0, 0.1) is 5.41 Å². The summed E-state index contributed by atoms with van der Waals surface area (Å²) in [6.45, 7) is 0.650. The molecule has 0 aromatic heterocycles. The highest BCUT2D eigenvalue weighted by atomic mass is 16.2. The lowest BCUT2D eigenvalue weighted by atomic mass is 9.68. The van der Waals surface area contributed by atoms with Gasteiger partial charge in [-0.15, -0.1) is 0 Å². The molecule has 0 saturated carbocycles. The first-order valence-corrected chi connectivity index (χ1v) is 12.6. The molecule has 1 N–H and O–H groups in total. The standard InChI is InChI=1S/C28H25N5O6/c1-30-24(36)28(25(37)31(2)27(30)39)15-17-13-16(10-11-20(17)32-12-6-9-21(28)32)14-19-22(34)29-26(38)33(23(19)35)18-7-4-3-5-8-18/h3-5,7-8,10-11,13-14,21H,6,9,12,15H2,1-2H3,(H,29,34,38)/b19-14+/t21-/m0/s1. The van der Waals surface area contributed by atoms with Crippen molar-refractivity contribution >= 4 is 53.1 Å². The van der Waals surface area contributed by atoms with Gasteiger partial charge in [-0.2, -0.15) is 0 Å². The van der Waals surface area contributed by atoms with Crippen molar-refractivity contribution in [2.24, 2.45) is 5.41 Å². The molecular formula is C28H25N5O6. The van der Waals surface area contributed by atoms with Crippen LogP contribution in [0.15, 0.2) is 54.1 Å². The van der Waals surface area contributed by atoms with Gasteiger partial charge < -0.3 is 4.90 Å². The number of urea groups is 2. The van der Waals surface area contributed by atoms with Gasteiger partial charge in [0.2, 0.25) is 11.8 Å². The molecule has 8 amide bonds. The number of nitrogens with zero attached hydrogens (tertiary/aromatic N) is 4. The second-order valence-electron chi connectivity index (χ2n) is 10.2. The molecule has 0 bridgehead atoms. The minimum Gasteiger partial charge on any atom is -0.367 e. The Kier molecular flexibility index (Phi) is 5.42. The van der Waals surface area contributed by atoms with Gasteiger partial charge in [0, 0.05) is 26.3 Å². The van der Waals surface area contributed by atoms with E-state index in [1.165, 1.54) is 20.2 Å². The molecule has 3 saturated heterocycles. The Hall–Kier alpha value is -4.80. The van der Waals surface area contributed by atoms with Gasteiger partial charge in [-0.05, 0) is 60.7 Å². The first kappa shape index (κ1) is 24.5. The van der Waals surface area contributed by atoms with Crippen molar-refractivity contribution in [1.82, 2.24) is 15.1 Å². The predicted molar refractivity (Wildman–Crippen MR) is 139 cm³/mol. The van der Waals surface area contributed by atoms with Crippen molar-refractivity contribution in [3.8, 4) is 0 Å². The van der Waals surface area contributed by atoms with Crippen molar-refractivity contribution in [2.75, 3.05) is 30.4 Å². The number of imide groups is 4. The number of para-hydroxylation sites is 1. The highest BCUT2D eigenvalue weighted by molar-refractivity contribution is 6.39. The zero-order valence-corrected chi connectivity index (χ0v) is 21.3. The van der Waals surface area contributed by atoms with Gasteiger partial charge in [0.15, 0.2) is 5.41 Å². The zero-order chi connectivity index (χ0) is 27.6. The molecule has 6 rings (SSSR count). The van der Waals surface area contributed by atoms with Crippen LogP contribution >= 0.6 is 0 Å². The Balaban J connectivity index is 1.41. The molecule has 39 heavy (non-hydrogen) atoms. The molecule has 3 fully saturated rings. The van der Waals surface area contributed by atoms with Crippen LogP contribution in [0.25, 0.3) is 6.08 Å². The third kappa shape index (κ3) is 3.42. The van der Waals surface area contributed by atoms with Crippen LogP contribution in [0.3, 0.4) is 0 Å². The summed E-state index contributed by atoms with van der Waals surface area (Å²) in [7, 11) is 2.77. The second-order valence-corrected chi connectivity index (χ2v) is 10.2. The van der Waals surface area contributed by atoms with E-state index in [0.717, 1.165) is 26.8 Å². The Morgan fingerprint density at radius 3 is 2.31 bits per heavy atom. The number of carbonyl (C=O) groups excluding carboxylic acids is 6. The van der Waals surface area contributed by atoms with E-state index in [-0.39, 0.29) is 18.0 Å². The Morgan fingerprint density at radius 2 is 1.62 bits per heavy atom. The van der Waals surface area contributed by atoms with Crippen molar-refractivity contribution in [3.05, 3.63) is 65.2 Å². The fourth-order valence-corrected chi connectivity index (χ4v) is 6.26. The number of barbiturate groups is 2. The monoisotopic (exact) mass is 527 g/mol. The molecule has 0 unspecified atom stereocenters. The summed E-state index contributed by atoms with van der Waals surface area (Å²) in [5.74, 6) is -2.63. The van der Waals surface area contributed by atoms with Gasteiger partial charge in [0.05, 0.1) is 11.7 Å². The molecule has 1 atom stereocenters. The molecular weight excluding hydrogens is 502 g/mol. The fourth-order valence-electron chi connectivity index (χ4n) is 6.26. The first-order chi connectivity index (χ1) is 18.6. The van der Waals surface area contributed by atoms with Crippen molar-refractivity contribution in [3.63, 3.8) is 0 Å². The summed E-state index contributed by atoms with van der Waals surface area (Å²) in [6.07, 6.45) is 2.90. The molecule has 11 nitrogen and oxygen atoms in total. The fraction of sp³-hybridized carbons (Fsp3) is 0.286. The first-order valence-electron chi connectivity index (χ1n) is 12.6. The van der Waals surface area contributed by atoms with Gasteiger partial charge in [-0.25, -0.2) is 14.5 Å². The number of hydrogen-bond donors (Lipinski definition) is 1. The summed E-state index contributed by atoms with van der Waals surface area (Å²) in [4.78, 5) is 83.0. The number of benzene rings is 2. The maximum atomic E-state index is 13.6. The molecule has 2 aromatic carbocycles. The Bertz CT molecular complexity index is 1490. The average molecular weight is 528 g/mol. The SMILES string of the molecule is CN1C(=O)N(C)C(=O)C2(Cc3cc(/C=C4\C(=O)NC(=O)N(c5ccccc5)C4=O)ccc3N3CCC[C@H]32)C1=O. The zero-order valence-electron chi connectivity index (χ0n) is 21.3. The van der Waals surface area contributed by atoms with E-state index < -0.39 is 41.1 Å². The van der Waals surface area contributed by atoms with Crippen molar-refractivity contribution in [2.45, 2.75) is 25.3 Å². The lowest BCUT2D eigenvalue weighted by Gasteiger charge is -2.50. The van der Waals surface area contributed by atoms with E-state index >= 15 is 0 Å². The van der Waals surface area contributed by atoms with E-state index in [2.05, 4.69) is 10.2 Å². The van der Waals surface area contributed by atoms with Crippen LogP contribution in [0.4, 0.5) is 21.0 Å². The topological polar surface area (TPSA) is 127 Å². The number of anilines is 2. The molecule has 4 aliphatic rings. The summed E-state index contributed by atoms with van der Waals surface area (Å²) in [5.41, 5.74) is 0.701. The predicted octanol–water partition coefficient (Wildman–Crippen LogP) is 1.91. The van der Waals surface area contributed by atoms with Crippen molar-refractivity contribution in [1.29, 1.82) is 0 Å². The molecule has 4 heterocycles.